The van der Waals surface area contributed by atoms with E-state index in [9.17, 15) is 5.26 Å². The van der Waals surface area contributed by atoms with E-state index in [0.29, 0.717) is 30.3 Å². The summed E-state index contributed by atoms with van der Waals surface area (Å²) in [6.07, 6.45) is 0. The number of rotatable bonds is 6. The molecule has 2 aromatic carbocycles. The van der Waals surface area contributed by atoms with Gasteiger partial charge in [-0.15, -0.1) is 0 Å². The maximum Gasteiger partial charge on any atom is 0.179 e. The van der Waals surface area contributed by atoms with Crippen molar-refractivity contribution in [2.45, 2.75) is 33.1 Å². The fourth-order valence-electron chi connectivity index (χ4n) is 2.64. The molecule has 0 aliphatic rings. The molecular weight excluding hydrogens is 314 g/mol. The monoisotopic (exact) mass is 339 g/mol. The summed E-state index contributed by atoms with van der Waals surface area (Å²) in [5.41, 5.74) is 2.72. The van der Waals surface area contributed by atoms with Gasteiger partial charge in [0.15, 0.2) is 11.5 Å². The van der Waals surface area contributed by atoms with Gasteiger partial charge in [-0.05, 0) is 35.6 Å². The van der Waals surface area contributed by atoms with Crippen molar-refractivity contribution in [1.82, 2.24) is 0 Å². The normalized spacial score (nSPS) is 10.9. The Hall–Kier alpha value is -2.67. The van der Waals surface area contributed by atoms with Crippen molar-refractivity contribution in [3.63, 3.8) is 0 Å². The molecule has 0 fully saturated rings. The first-order valence-corrected chi connectivity index (χ1v) is 8.31. The summed E-state index contributed by atoms with van der Waals surface area (Å²) >= 11 is 0. The summed E-state index contributed by atoms with van der Waals surface area (Å²) in [6.45, 7) is 9.25. The SMILES string of the molecule is COc1cccc(C#N)c1OCCOc1c(C)cccc1C(C)(C)C. The van der Waals surface area contributed by atoms with E-state index >= 15 is 0 Å². The van der Waals surface area contributed by atoms with Crippen LogP contribution in [0.15, 0.2) is 36.4 Å². The van der Waals surface area contributed by atoms with Crippen molar-refractivity contribution in [2.75, 3.05) is 20.3 Å². The van der Waals surface area contributed by atoms with Crippen molar-refractivity contribution < 1.29 is 14.2 Å². The van der Waals surface area contributed by atoms with E-state index in [0.717, 1.165) is 11.3 Å². The van der Waals surface area contributed by atoms with Crippen LogP contribution in [0.1, 0.15) is 37.5 Å². The van der Waals surface area contributed by atoms with E-state index in [1.165, 1.54) is 5.56 Å². The van der Waals surface area contributed by atoms with Crippen LogP contribution in [-0.4, -0.2) is 20.3 Å². The highest BCUT2D eigenvalue weighted by molar-refractivity contribution is 5.52. The molecule has 25 heavy (non-hydrogen) atoms. The first kappa shape index (κ1) is 18.7. The van der Waals surface area contributed by atoms with Crippen LogP contribution in [0, 0.1) is 18.3 Å². The second-order valence-corrected chi connectivity index (χ2v) is 6.85. The minimum absolute atomic E-state index is 0.00115. The van der Waals surface area contributed by atoms with Crippen LogP contribution >= 0.6 is 0 Å². The molecule has 0 aliphatic heterocycles. The fourth-order valence-corrected chi connectivity index (χ4v) is 2.64. The quantitative estimate of drug-likeness (QED) is 0.720. The average molecular weight is 339 g/mol. The van der Waals surface area contributed by atoms with Gasteiger partial charge in [0.2, 0.25) is 0 Å². The maximum atomic E-state index is 9.22. The fraction of sp³-hybridized carbons (Fsp3) is 0.381. The van der Waals surface area contributed by atoms with Gasteiger partial charge in [-0.25, -0.2) is 0 Å². The topological polar surface area (TPSA) is 51.5 Å². The second kappa shape index (κ2) is 7.94. The zero-order chi connectivity index (χ0) is 18.4. The standard InChI is InChI=1S/C21H25NO3/c1-15-8-6-10-17(21(2,3)4)19(15)24-12-13-25-20-16(14-22)9-7-11-18(20)23-5/h6-11H,12-13H2,1-5H3. The first-order valence-electron chi connectivity index (χ1n) is 8.31. The third-order valence-electron chi connectivity index (χ3n) is 3.92. The highest BCUT2D eigenvalue weighted by Gasteiger charge is 2.20. The van der Waals surface area contributed by atoms with Crippen molar-refractivity contribution in [3.05, 3.63) is 53.1 Å². The molecule has 0 atom stereocenters. The van der Waals surface area contributed by atoms with Gasteiger partial charge in [-0.3, -0.25) is 0 Å². The van der Waals surface area contributed by atoms with E-state index in [4.69, 9.17) is 14.2 Å². The number of nitrogens with zero attached hydrogens (tertiary/aromatic N) is 1. The summed E-state index contributed by atoms with van der Waals surface area (Å²) in [4.78, 5) is 0. The lowest BCUT2D eigenvalue weighted by molar-refractivity contribution is 0.207. The number of benzene rings is 2. The molecule has 0 N–H and O–H groups in total. The molecule has 0 aliphatic carbocycles. The van der Waals surface area contributed by atoms with Crippen molar-refractivity contribution in [3.8, 4) is 23.3 Å². The van der Waals surface area contributed by atoms with Gasteiger partial charge in [0.05, 0.1) is 12.7 Å². The lowest BCUT2D eigenvalue weighted by Gasteiger charge is -2.24. The molecule has 4 heteroatoms. The molecule has 0 amide bonds. The predicted molar refractivity (Wildman–Crippen MR) is 98.6 cm³/mol. The van der Waals surface area contributed by atoms with Crippen LogP contribution in [-0.2, 0) is 5.41 Å². The Morgan fingerprint density at radius 2 is 1.60 bits per heavy atom. The Morgan fingerprint density at radius 1 is 0.960 bits per heavy atom. The van der Waals surface area contributed by atoms with Crippen LogP contribution in [0.3, 0.4) is 0 Å². The Balaban J connectivity index is 2.08. The van der Waals surface area contributed by atoms with Crippen LogP contribution in [0.5, 0.6) is 17.2 Å². The molecule has 0 heterocycles. The molecule has 0 saturated heterocycles. The Morgan fingerprint density at radius 3 is 2.20 bits per heavy atom. The van der Waals surface area contributed by atoms with Crippen LogP contribution < -0.4 is 14.2 Å². The van der Waals surface area contributed by atoms with Crippen LogP contribution in [0.4, 0.5) is 0 Å². The van der Waals surface area contributed by atoms with Gasteiger partial charge in [-0.2, -0.15) is 5.26 Å². The minimum atomic E-state index is -0.00115. The Kier molecular flexibility index (Phi) is 5.93. The van der Waals surface area contributed by atoms with E-state index in [1.807, 2.05) is 19.1 Å². The minimum Gasteiger partial charge on any atom is -0.493 e. The molecule has 0 aromatic heterocycles. The molecule has 0 saturated carbocycles. The van der Waals surface area contributed by atoms with Crippen molar-refractivity contribution in [2.24, 2.45) is 0 Å². The van der Waals surface area contributed by atoms with E-state index in [2.05, 4.69) is 32.9 Å². The van der Waals surface area contributed by atoms with Crippen LogP contribution in [0.2, 0.25) is 0 Å². The molecule has 0 radical (unpaired) electrons. The number of hydrogen-bond acceptors (Lipinski definition) is 4. The van der Waals surface area contributed by atoms with E-state index < -0.39 is 0 Å². The summed E-state index contributed by atoms with van der Waals surface area (Å²) < 4.78 is 17.0. The number of para-hydroxylation sites is 2. The number of hydrogen-bond donors (Lipinski definition) is 0. The van der Waals surface area contributed by atoms with Crippen molar-refractivity contribution in [1.29, 1.82) is 5.26 Å². The summed E-state index contributed by atoms with van der Waals surface area (Å²) in [7, 11) is 1.56. The third kappa shape index (κ3) is 4.45. The summed E-state index contributed by atoms with van der Waals surface area (Å²) in [5, 5.41) is 9.22. The highest BCUT2D eigenvalue weighted by Crippen LogP contribution is 2.34. The molecule has 0 bridgehead atoms. The highest BCUT2D eigenvalue weighted by atomic mass is 16.5. The van der Waals surface area contributed by atoms with Crippen molar-refractivity contribution >= 4 is 0 Å². The van der Waals surface area contributed by atoms with Gasteiger partial charge >= 0.3 is 0 Å². The maximum absolute atomic E-state index is 9.22. The number of ether oxygens (including phenoxy) is 3. The van der Waals surface area contributed by atoms with E-state index in [1.54, 1.807) is 25.3 Å². The van der Waals surface area contributed by atoms with Gasteiger partial charge in [0.25, 0.3) is 0 Å². The number of methoxy groups -OCH3 is 1. The first-order chi connectivity index (χ1) is 11.9. The molecular formula is C21H25NO3. The Labute approximate surface area is 150 Å². The van der Waals surface area contributed by atoms with Gasteiger partial charge in [0.1, 0.15) is 25.0 Å². The smallest absolute Gasteiger partial charge is 0.179 e. The predicted octanol–water partition coefficient (Wildman–Crippen LogP) is 4.63. The van der Waals surface area contributed by atoms with Gasteiger partial charge < -0.3 is 14.2 Å². The molecule has 0 spiro atoms. The Bertz CT molecular complexity index is 770. The molecule has 4 nitrogen and oxygen atoms in total. The number of aryl methyl sites for hydroxylation is 1. The van der Waals surface area contributed by atoms with Gasteiger partial charge in [0, 0.05) is 0 Å². The summed E-state index contributed by atoms with van der Waals surface area (Å²) in [6, 6.07) is 13.6. The van der Waals surface area contributed by atoms with E-state index in [-0.39, 0.29) is 5.41 Å². The molecule has 2 aromatic rings. The molecule has 0 unspecified atom stereocenters. The largest absolute Gasteiger partial charge is 0.493 e. The molecule has 2 rings (SSSR count). The zero-order valence-corrected chi connectivity index (χ0v) is 15.6. The van der Waals surface area contributed by atoms with Crippen LogP contribution in [0.25, 0.3) is 0 Å². The molecule has 132 valence electrons. The number of nitriles is 1. The van der Waals surface area contributed by atoms with Gasteiger partial charge in [-0.1, -0.05) is 45.0 Å². The second-order valence-electron chi connectivity index (χ2n) is 6.85. The third-order valence-corrected chi connectivity index (χ3v) is 3.92. The lowest BCUT2D eigenvalue weighted by atomic mass is 9.85. The summed E-state index contributed by atoms with van der Waals surface area (Å²) in [5.74, 6) is 1.90. The zero-order valence-electron chi connectivity index (χ0n) is 15.6. The average Bonchev–Trinajstić information content (AvgIpc) is 2.58. The lowest BCUT2D eigenvalue weighted by Crippen LogP contribution is -2.17.